The molecule has 1 aromatic heterocycles. The van der Waals surface area contributed by atoms with Crippen LogP contribution in [0.5, 0.6) is 0 Å². The smallest absolute Gasteiger partial charge is 0.103 e. The average molecular weight is 326 g/mol. The predicted molar refractivity (Wildman–Crippen MR) is 93.0 cm³/mol. The van der Waals surface area contributed by atoms with Gasteiger partial charge in [-0.25, -0.2) is 0 Å². The molecule has 0 unspecified atom stereocenters. The third kappa shape index (κ3) is 3.65. The molecule has 6 heteroatoms. The summed E-state index contributed by atoms with van der Waals surface area (Å²) in [5.41, 5.74) is 2.55. The average Bonchev–Trinajstić information content (AvgIpc) is 2.65. The molecule has 3 rings (SSSR count). The minimum atomic E-state index is 0.0693. The van der Waals surface area contributed by atoms with Crippen LogP contribution in [0.3, 0.4) is 0 Å². The van der Waals surface area contributed by atoms with E-state index in [9.17, 15) is 5.26 Å². The van der Waals surface area contributed by atoms with Gasteiger partial charge in [0.1, 0.15) is 6.07 Å². The molecular formula is C18H22N4O2. The van der Waals surface area contributed by atoms with Gasteiger partial charge in [-0.15, -0.1) is 0 Å². The third-order valence-corrected chi connectivity index (χ3v) is 4.34. The van der Waals surface area contributed by atoms with E-state index >= 15 is 0 Å². The maximum Gasteiger partial charge on any atom is 0.103 e. The van der Waals surface area contributed by atoms with Crippen molar-refractivity contribution in [1.82, 2.24) is 9.88 Å². The molecule has 0 radical (unpaired) electrons. The first kappa shape index (κ1) is 16.7. The number of hydrogen-bond acceptors (Lipinski definition) is 6. The van der Waals surface area contributed by atoms with Crippen molar-refractivity contribution in [2.75, 3.05) is 57.4 Å². The highest BCUT2D eigenvalue weighted by molar-refractivity contribution is 5.94. The molecule has 6 nitrogen and oxygen atoms in total. The second kappa shape index (κ2) is 8.06. The van der Waals surface area contributed by atoms with Crippen molar-refractivity contribution in [3.63, 3.8) is 0 Å². The summed E-state index contributed by atoms with van der Waals surface area (Å²) < 4.78 is 5.33. The third-order valence-electron chi connectivity index (χ3n) is 4.34. The molecule has 0 saturated carbocycles. The lowest BCUT2D eigenvalue weighted by Gasteiger charge is -2.36. The molecule has 1 aromatic carbocycles. The van der Waals surface area contributed by atoms with Crippen LogP contribution >= 0.6 is 0 Å². The number of aliphatic hydroxyl groups excluding tert-OH is 1. The van der Waals surface area contributed by atoms with Gasteiger partial charge in [0.25, 0.3) is 0 Å². The fourth-order valence-electron chi connectivity index (χ4n) is 3.10. The van der Waals surface area contributed by atoms with Gasteiger partial charge in [-0.2, -0.15) is 5.26 Å². The van der Waals surface area contributed by atoms with Gasteiger partial charge >= 0.3 is 0 Å². The summed E-state index contributed by atoms with van der Waals surface area (Å²) in [5.74, 6) is 0. The molecule has 1 saturated heterocycles. The van der Waals surface area contributed by atoms with Crippen LogP contribution in [0.15, 0.2) is 30.5 Å². The van der Waals surface area contributed by atoms with E-state index < -0.39 is 0 Å². The molecule has 0 spiro atoms. The van der Waals surface area contributed by atoms with Gasteiger partial charge in [-0.05, 0) is 6.07 Å². The van der Waals surface area contributed by atoms with Gasteiger partial charge < -0.3 is 14.7 Å². The van der Waals surface area contributed by atoms with Gasteiger partial charge in [0.15, 0.2) is 0 Å². The van der Waals surface area contributed by atoms with Crippen molar-refractivity contribution in [3.8, 4) is 6.07 Å². The number of aromatic nitrogens is 1. The number of aliphatic hydroxyl groups is 1. The van der Waals surface area contributed by atoms with E-state index in [2.05, 4.69) is 20.9 Å². The Bertz CT molecular complexity index is 721. The van der Waals surface area contributed by atoms with Crippen molar-refractivity contribution in [1.29, 1.82) is 5.26 Å². The van der Waals surface area contributed by atoms with Gasteiger partial charge in [0.2, 0.25) is 0 Å². The Morgan fingerprint density at radius 2 is 1.96 bits per heavy atom. The number of fused-ring (bicyclic) bond motifs is 1. The van der Waals surface area contributed by atoms with Crippen LogP contribution in [0.25, 0.3) is 10.9 Å². The second-order valence-corrected chi connectivity index (χ2v) is 5.81. The van der Waals surface area contributed by atoms with E-state index in [1.807, 2.05) is 24.3 Å². The first-order chi connectivity index (χ1) is 11.8. The van der Waals surface area contributed by atoms with Crippen molar-refractivity contribution in [2.45, 2.75) is 0 Å². The van der Waals surface area contributed by atoms with Crippen LogP contribution < -0.4 is 4.90 Å². The number of rotatable bonds is 6. The maximum atomic E-state index is 9.46. The number of benzene rings is 1. The van der Waals surface area contributed by atoms with Crippen LogP contribution in [0.1, 0.15) is 5.56 Å². The van der Waals surface area contributed by atoms with E-state index in [0.29, 0.717) is 18.8 Å². The molecule has 1 fully saturated rings. The number of anilines is 1. The molecule has 0 bridgehead atoms. The fraction of sp³-hybridized carbons (Fsp3) is 0.444. The van der Waals surface area contributed by atoms with E-state index in [0.717, 1.165) is 49.3 Å². The van der Waals surface area contributed by atoms with Crippen LogP contribution in [0.2, 0.25) is 0 Å². The molecule has 1 N–H and O–H groups in total. The summed E-state index contributed by atoms with van der Waals surface area (Å²) in [4.78, 5) is 9.02. The quantitative estimate of drug-likeness (QED) is 0.805. The molecule has 126 valence electrons. The van der Waals surface area contributed by atoms with Crippen molar-refractivity contribution >= 4 is 16.6 Å². The van der Waals surface area contributed by atoms with Crippen LogP contribution in [0, 0.1) is 11.3 Å². The number of nitrogens with zero attached hydrogens (tertiary/aromatic N) is 4. The second-order valence-electron chi connectivity index (χ2n) is 5.81. The van der Waals surface area contributed by atoms with Crippen molar-refractivity contribution in [2.24, 2.45) is 0 Å². The Kier molecular flexibility index (Phi) is 5.59. The first-order valence-corrected chi connectivity index (χ1v) is 8.27. The highest BCUT2D eigenvalue weighted by atomic mass is 16.5. The number of pyridine rings is 1. The van der Waals surface area contributed by atoms with Gasteiger partial charge in [-0.1, -0.05) is 18.2 Å². The lowest BCUT2D eigenvalue weighted by atomic mass is 10.1. The summed E-state index contributed by atoms with van der Waals surface area (Å²) in [6, 6.07) is 10.3. The lowest BCUT2D eigenvalue weighted by Crippen LogP contribution is -2.47. The Balaban J connectivity index is 1.70. The van der Waals surface area contributed by atoms with Gasteiger partial charge in [0, 0.05) is 44.3 Å². The highest BCUT2D eigenvalue weighted by Crippen LogP contribution is 2.29. The lowest BCUT2D eigenvalue weighted by molar-refractivity contribution is 0.0724. The molecule has 2 aromatic rings. The summed E-state index contributed by atoms with van der Waals surface area (Å²) in [7, 11) is 0. The first-order valence-electron chi connectivity index (χ1n) is 8.27. The largest absolute Gasteiger partial charge is 0.394 e. The number of ether oxygens (including phenoxy) is 1. The zero-order valence-corrected chi connectivity index (χ0v) is 13.7. The highest BCUT2D eigenvalue weighted by Gasteiger charge is 2.21. The van der Waals surface area contributed by atoms with E-state index in [-0.39, 0.29) is 6.61 Å². The Morgan fingerprint density at radius 1 is 1.17 bits per heavy atom. The molecular weight excluding hydrogens is 304 g/mol. The Morgan fingerprint density at radius 3 is 2.71 bits per heavy atom. The zero-order valence-electron chi connectivity index (χ0n) is 13.7. The van der Waals surface area contributed by atoms with Gasteiger partial charge in [0.05, 0.1) is 36.6 Å². The van der Waals surface area contributed by atoms with E-state index in [1.54, 1.807) is 6.20 Å². The summed E-state index contributed by atoms with van der Waals surface area (Å²) >= 11 is 0. The minimum absolute atomic E-state index is 0.0693. The Hall–Kier alpha value is -2.20. The standard InChI is InChI=1S/C18H22N4O2/c19-13-15-14-20-17-4-2-1-3-16(17)18(15)22-7-5-21(6-8-22)9-11-24-12-10-23/h1-4,14,23H,5-12H2. The van der Waals surface area contributed by atoms with Crippen molar-refractivity contribution in [3.05, 3.63) is 36.0 Å². The SMILES string of the molecule is N#Cc1cnc2ccccc2c1N1CCN(CCOCCO)CC1. The fourth-order valence-corrected chi connectivity index (χ4v) is 3.10. The molecule has 0 aliphatic carbocycles. The molecule has 2 heterocycles. The number of piperazine rings is 1. The van der Waals surface area contributed by atoms with Crippen LogP contribution in [-0.2, 0) is 4.74 Å². The van der Waals surface area contributed by atoms with Crippen molar-refractivity contribution < 1.29 is 9.84 Å². The molecule has 24 heavy (non-hydrogen) atoms. The summed E-state index contributed by atoms with van der Waals surface area (Å²) in [5, 5.41) is 19.2. The molecule has 0 atom stereocenters. The number of nitriles is 1. The van der Waals surface area contributed by atoms with Crippen LogP contribution in [-0.4, -0.2) is 67.5 Å². The maximum absolute atomic E-state index is 9.46. The molecule has 0 amide bonds. The normalized spacial score (nSPS) is 15.6. The zero-order chi connectivity index (χ0) is 16.8. The van der Waals surface area contributed by atoms with E-state index in [1.165, 1.54) is 0 Å². The molecule has 1 aliphatic rings. The van der Waals surface area contributed by atoms with E-state index in [4.69, 9.17) is 9.84 Å². The molecule has 1 aliphatic heterocycles. The van der Waals surface area contributed by atoms with Gasteiger partial charge in [-0.3, -0.25) is 9.88 Å². The predicted octanol–water partition coefficient (Wildman–Crippen LogP) is 1.24. The van der Waals surface area contributed by atoms with Crippen LogP contribution in [0.4, 0.5) is 5.69 Å². The Labute approximate surface area is 141 Å². The summed E-state index contributed by atoms with van der Waals surface area (Å²) in [6.07, 6.45) is 1.67. The number of hydrogen-bond donors (Lipinski definition) is 1. The monoisotopic (exact) mass is 326 g/mol. The minimum Gasteiger partial charge on any atom is -0.394 e. The number of para-hydroxylation sites is 1. The summed E-state index contributed by atoms with van der Waals surface area (Å²) in [6.45, 7) is 5.60. The topological polar surface area (TPSA) is 72.6 Å².